The lowest BCUT2D eigenvalue weighted by Gasteiger charge is -2.27. The third kappa shape index (κ3) is 5.94. The average molecular weight is 392 g/mol. The van der Waals surface area contributed by atoms with E-state index in [2.05, 4.69) is 23.3 Å². The van der Waals surface area contributed by atoms with Crippen LogP contribution in [0.5, 0.6) is 11.5 Å². The van der Waals surface area contributed by atoms with Crippen molar-refractivity contribution in [3.8, 4) is 11.5 Å². The normalized spacial score (nSPS) is 18.0. The summed E-state index contributed by atoms with van der Waals surface area (Å²) in [5, 5.41) is 12.7. The van der Waals surface area contributed by atoms with E-state index in [-0.39, 0.29) is 12.7 Å². The molecule has 1 N–H and O–H groups in total. The van der Waals surface area contributed by atoms with E-state index in [0.717, 1.165) is 32.5 Å². The van der Waals surface area contributed by atoms with Gasteiger partial charge in [0.25, 0.3) is 0 Å². The molecule has 1 aromatic carbocycles. The zero-order chi connectivity index (χ0) is 19.1. The number of methoxy groups -OCH3 is 1. The smallest absolute Gasteiger partial charge is 0.161 e. The van der Waals surface area contributed by atoms with E-state index in [1.807, 2.05) is 24.3 Å². The molecular formula is C21H29NO4S. The minimum Gasteiger partial charge on any atom is -0.493 e. The Bertz CT molecular complexity index is 699. The second kappa shape index (κ2) is 10.1. The molecule has 2 aromatic rings. The standard InChI is InChI=1S/C21H29NO4S/c1-16-9-11-27-21(16)14-22(13-18-6-5-10-25-18)12-17(23)15-26-20-8-4-3-7-19(20)24-2/h3-4,7-9,11,17-18,23H,5-6,10,12-15H2,1-2H3. The Kier molecular flexibility index (Phi) is 7.52. The highest BCUT2D eigenvalue weighted by Crippen LogP contribution is 2.26. The summed E-state index contributed by atoms with van der Waals surface area (Å²) in [5.74, 6) is 1.33. The number of aryl methyl sites for hydroxylation is 1. The SMILES string of the molecule is COc1ccccc1OCC(O)CN(Cc1sccc1C)CC1CCCO1. The van der Waals surface area contributed by atoms with Crippen molar-refractivity contribution in [1.82, 2.24) is 4.90 Å². The fourth-order valence-electron chi connectivity index (χ4n) is 3.32. The van der Waals surface area contributed by atoms with E-state index in [1.54, 1.807) is 18.4 Å². The van der Waals surface area contributed by atoms with E-state index in [1.165, 1.54) is 10.4 Å². The molecule has 1 aliphatic rings. The highest BCUT2D eigenvalue weighted by Gasteiger charge is 2.22. The van der Waals surface area contributed by atoms with Crippen molar-refractivity contribution in [3.05, 3.63) is 46.2 Å². The number of aliphatic hydroxyl groups is 1. The van der Waals surface area contributed by atoms with Gasteiger partial charge in [0.15, 0.2) is 11.5 Å². The molecule has 2 heterocycles. The summed E-state index contributed by atoms with van der Waals surface area (Å²) in [7, 11) is 1.62. The van der Waals surface area contributed by atoms with E-state index < -0.39 is 6.10 Å². The summed E-state index contributed by atoms with van der Waals surface area (Å²) < 4.78 is 16.9. The van der Waals surface area contributed by atoms with Gasteiger partial charge in [0, 0.05) is 31.1 Å². The van der Waals surface area contributed by atoms with Gasteiger partial charge in [0.2, 0.25) is 0 Å². The van der Waals surface area contributed by atoms with Crippen LogP contribution in [0.3, 0.4) is 0 Å². The Morgan fingerprint density at radius 2 is 2.11 bits per heavy atom. The Morgan fingerprint density at radius 1 is 1.30 bits per heavy atom. The molecule has 6 heteroatoms. The molecule has 5 nitrogen and oxygen atoms in total. The van der Waals surface area contributed by atoms with Gasteiger partial charge in [-0.15, -0.1) is 11.3 Å². The Labute approximate surface area is 165 Å². The predicted octanol–water partition coefficient (Wildman–Crippen LogP) is 3.49. The van der Waals surface area contributed by atoms with Crippen LogP contribution in [0.15, 0.2) is 35.7 Å². The van der Waals surface area contributed by atoms with Crippen LogP contribution in [0.1, 0.15) is 23.3 Å². The average Bonchev–Trinajstić information content (AvgIpc) is 3.32. The third-order valence-corrected chi connectivity index (χ3v) is 5.80. The molecule has 148 valence electrons. The zero-order valence-electron chi connectivity index (χ0n) is 16.1. The van der Waals surface area contributed by atoms with Crippen molar-refractivity contribution in [2.45, 2.75) is 38.5 Å². The third-order valence-electron chi connectivity index (χ3n) is 4.79. The van der Waals surface area contributed by atoms with Gasteiger partial charge in [-0.1, -0.05) is 12.1 Å². The number of thiophene rings is 1. The van der Waals surface area contributed by atoms with Crippen LogP contribution in [-0.2, 0) is 11.3 Å². The molecule has 0 bridgehead atoms. The van der Waals surface area contributed by atoms with E-state index in [4.69, 9.17) is 14.2 Å². The Hall–Kier alpha value is -1.60. The fourth-order valence-corrected chi connectivity index (χ4v) is 4.27. The van der Waals surface area contributed by atoms with Gasteiger partial charge < -0.3 is 19.3 Å². The molecule has 2 atom stereocenters. The van der Waals surface area contributed by atoms with Crippen LogP contribution in [0.4, 0.5) is 0 Å². The quantitative estimate of drug-likeness (QED) is 0.672. The lowest BCUT2D eigenvalue weighted by Crippen LogP contribution is -2.39. The maximum atomic E-state index is 10.6. The summed E-state index contributed by atoms with van der Waals surface area (Å²) in [6.45, 7) is 5.42. The lowest BCUT2D eigenvalue weighted by atomic mass is 10.2. The highest BCUT2D eigenvalue weighted by atomic mass is 32.1. The number of hydrogen-bond acceptors (Lipinski definition) is 6. The summed E-state index contributed by atoms with van der Waals surface area (Å²) in [6, 6.07) is 9.64. The molecule has 1 saturated heterocycles. The Morgan fingerprint density at radius 3 is 2.78 bits per heavy atom. The van der Waals surface area contributed by atoms with E-state index in [9.17, 15) is 5.11 Å². The van der Waals surface area contributed by atoms with Crippen LogP contribution in [0.25, 0.3) is 0 Å². The summed E-state index contributed by atoms with van der Waals surface area (Å²) in [5.41, 5.74) is 1.30. The first-order chi connectivity index (χ1) is 13.2. The van der Waals surface area contributed by atoms with Crippen LogP contribution in [0.2, 0.25) is 0 Å². The number of rotatable bonds is 10. The number of benzene rings is 1. The molecule has 1 aliphatic heterocycles. The van der Waals surface area contributed by atoms with Crippen molar-refractivity contribution in [1.29, 1.82) is 0 Å². The van der Waals surface area contributed by atoms with Crippen molar-refractivity contribution in [2.24, 2.45) is 0 Å². The maximum Gasteiger partial charge on any atom is 0.161 e. The van der Waals surface area contributed by atoms with Crippen LogP contribution in [-0.4, -0.2) is 55.6 Å². The molecule has 2 unspecified atom stereocenters. The molecule has 3 rings (SSSR count). The van der Waals surface area contributed by atoms with Crippen molar-refractivity contribution >= 4 is 11.3 Å². The number of ether oxygens (including phenoxy) is 3. The molecule has 1 aromatic heterocycles. The fraction of sp³-hybridized carbons (Fsp3) is 0.524. The molecule has 0 radical (unpaired) electrons. The maximum absolute atomic E-state index is 10.6. The molecule has 0 aliphatic carbocycles. The van der Waals surface area contributed by atoms with Crippen LogP contribution < -0.4 is 9.47 Å². The first-order valence-electron chi connectivity index (χ1n) is 9.46. The second-order valence-electron chi connectivity index (χ2n) is 6.97. The summed E-state index contributed by atoms with van der Waals surface area (Å²) in [4.78, 5) is 3.62. The van der Waals surface area contributed by atoms with Gasteiger partial charge in [-0.2, -0.15) is 0 Å². The molecular weight excluding hydrogens is 362 g/mol. The van der Waals surface area contributed by atoms with Gasteiger partial charge >= 0.3 is 0 Å². The van der Waals surface area contributed by atoms with Gasteiger partial charge in [-0.3, -0.25) is 4.90 Å². The minimum atomic E-state index is -0.586. The largest absolute Gasteiger partial charge is 0.493 e. The van der Waals surface area contributed by atoms with Gasteiger partial charge in [-0.05, 0) is 48.9 Å². The number of aliphatic hydroxyl groups excluding tert-OH is 1. The topological polar surface area (TPSA) is 51.2 Å². The molecule has 1 fully saturated rings. The number of para-hydroxylation sites is 2. The first kappa shape index (κ1) is 20.1. The van der Waals surface area contributed by atoms with E-state index >= 15 is 0 Å². The summed E-state index contributed by atoms with van der Waals surface area (Å²) in [6.07, 6.45) is 1.88. The second-order valence-corrected chi connectivity index (χ2v) is 7.97. The molecule has 0 amide bonds. The molecule has 0 spiro atoms. The van der Waals surface area contributed by atoms with Gasteiger partial charge in [0.1, 0.15) is 12.7 Å². The van der Waals surface area contributed by atoms with Crippen LogP contribution in [0, 0.1) is 6.92 Å². The van der Waals surface area contributed by atoms with Crippen molar-refractivity contribution < 1.29 is 19.3 Å². The number of nitrogens with zero attached hydrogens (tertiary/aromatic N) is 1. The van der Waals surface area contributed by atoms with Crippen LogP contribution >= 0.6 is 11.3 Å². The first-order valence-corrected chi connectivity index (χ1v) is 10.3. The van der Waals surface area contributed by atoms with Gasteiger partial charge in [0.05, 0.1) is 13.2 Å². The Balaban J connectivity index is 1.57. The van der Waals surface area contributed by atoms with E-state index in [0.29, 0.717) is 18.0 Å². The lowest BCUT2D eigenvalue weighted by molar-refractivity contribution is 0.0313. The van der Waals surface area contributed by atoms with Crippen molar-refractivity contribution in [3.63, 3.8) is 0 Å². The highest BCUT2D eigenvalue weighted by molar-refractivity contribution is 7.10. The molecule has 0 saturated carbocycles. The minimum absolute atomic E-state index is 0.228. The predicted molar refractivity (Wildman–Crippen MR) is 108 cm³/mol. The van der Waals surface area contributed by atoms with Gasteiger partial charge in [-0.25, -0.2) is 0 Å². The zero-order valence-corrected chi connectivity index (χ0v) is 16.9. The van der Waals surface area contributed by atoms with Crippen molar-refractivity contribution in [2.75, 3.05) is 33.4 Å². The summed E-state index contributed by atoms with van der Waals surface area (Å²) >= 11 is 1.77. The number of hydrogen-bond donors (Lipinski definition) is 1. The molecule has 27 heavy (non-hydrogen) atoms. The monoisotopic (exact) mass is 391 g/mol.